The number of para-hydroxylation sites is 1. The highest BCUT2D eigenvalue weighted by Gasteiger charge is 2.14. The lowest BCUT2D eigenvalue weighted by Gasteiger charge is -2.34. The summed E-state index contributed by atoms with van der Waals surface area (Å²) in [7, 11) is 2.18. The fourth-order valence-electron chi connectivity index (χ4n) is 2.53. The van der Waals surface area contributed by atoms with Crippen LogP contribution in [0.1, 0.15) is 6.42 Å². The van der Waals surface area contributed by atoms with E-state index in [0.717, 1.165) is 45.8 Å². The molecule has 1 fully saturated rings. The first kappa shape index (κ1) is 14.8. The highest BCUT2D eigenvalue weighted by molar-refractivity contribution is 5.46. The Morgan fingerprint density at radius 3 is 2.45 bits per heavy atom. The van der Waals surface area contributed by atoms with Gasteiger partial charge in [-0.15, -0.1) is 0 Å². The van der Waals surface area contributed by atoms with Crippen molar-refractivity contribution in [1.29, 1.82) is 5.26 Å². The molecule has 0 unspecified atom stereocenters. The topological polar surface area (TPSA) is 33.5 Å². The Kier molecular flexibility index (Phi) is 5.85. The van der Waals surface area contributed by atoms with Crippen LogP contribution in [-0.4, -0.2) is 62.7 Å². The standard InChI is InChI=1S/C16H24N4/c1-18-10-12-19(13-11-18)14-15-20(9-5-8-17)16-6-3-2-4-7-16/h2-4,6-7H,5,9-15H2,1H3. The molecule has 0 aromatic heterocycles. The van der Waals surface area contributed by atoms with Gasteiger partial charge in [0.05, 0.1) is 12.5 Å². The Labute approximate surface area is 122 Å². The van der Waals surface area contributed by atoms with Crippen LogP contribution >= 0.6 is 0 Å². The molecule has 0 N–H and O–H groups in total. The number of likely N-dealkylation sites (N-methyl/N-ethyl adjacent to an activating group) is 1. The summed E-state index contributed by atoms with van der Waals surface area (Å²) in [6, 6.07) is 12.7. The lowest BCUT2D eigenvalue weighted by Crippen LogP contribution is -2.47. The molecule has 108 valence electrons. The zero-order chi connectivity index (χ0) is 14.2. The van der Waals surface area contributed by atoms with Crippen molar-refractivity contribution in [2.24, 2.45) is 0 Å². The molecular formula is C16H24N4. The van der Waals surface area contributed by atoms with E-state index >= 15 is 0 Å². The number of rotatable bonds is 6. The fourth-order valence-corrected chi connectivity index (χ4v) is 2.53. The van der Waals surface area contributed by atoms with Gasteiger partial charge in [-0.2, -0.15) is 5.26 Å². The number of piperazine rings is 1. The van der Waals surface area contributed by atoms with E-state index in [0.29, 0.717) is 6.42 Å². The molecule has 1 aliphatic rings. The average molecular weight is 272 g/mol. The van der Waals surface area contributed by atoms with Crippen molar-refractivity contribution in [3.63, 3.8) is 0 Å². The Bertz CT molecular complexity index is 418. The zero-order valence-electron chi connectivity index (χ0n) is 12.3. The van der Waals surface area contributed by atoms with E-state index < -0.39 is 0 Å². The molecule has 0 spiro atoms. The first-order chi connectivity index (χ1) is 9.79. The lowest BCUT2D eigenvalue weighted by molar-refractivity contribution is 0.157. The molecule has 1 aromatic rings. The van der Waals surface area contributed by atoms with Gasteiger partial charge in [0.2, 0.25) is 0 Å². The maximum Gasteiger partial charge on any atom is 0.0640 e. The van der Waals surface area contributed by atoms with Crippen LogP contribution < -0.4 is 4.90 Å². The van der Waals surface area contributed by atoms with E-state index in [1.807, 2.05) is 6.07 Å². The monoisotopic (exact) mass is 272 g/mol. The van der Waals surface area contributed by atoms with Crippen LogP contribution in [0.25, 0.3) is 0 Å². The molecule has 0 atom stereocenters. The lowest BCUT2D eigenvalue weighted by atomic mass is 10.2. The van der Waals surface area contributed by atoms with Crippen LogP contribution in [-0.2, 0) is 0 Å². The molecule has 1 saturated heterocycles. The summed E-state index contributed by atoms with van der Waals surface area (Å²) >= 11 is 0. The molecule has 4 heteroatoms. The molecule has 0 aliphatic carbocycles. The number of anilines is 1. The van der Waals surface area contributed by atoms with Crippen molar-refractivity contribution in [2.45, 2.75) is 6.42 Å². The summed E-state index contributed by atoms with van der Waals surface area (Å²) in [4.78, 5) is 7.21. The predicted octanol–water partition coefficient (Wildman–Crippen LogP) is 1.65. The summed E-state index contributed by atoms with van der Waals surface area (Å²) in [6.45, 7) is 7.50. The normalized spacial score (nSPS) is 16.8. The van der Waals surface area contributed by atoms with Gasteiger partial charge in [-0.25, -0.2) is 0 Å². The van der Waals surface area contributed by atoms with E-state index in [1.54, 1.807) is 0 Å². The second-order valence-corrected chi connectivity index (χ2v) is 5.38. The highest BCUT2D eigenvalue weighted by atomic mass is 15.3. The van der Waals surface area contributed by atoms with Crippen LogP contribution in [0, 0.1) is 11.3 Å². The second kappa shape index (κ2) is 7.88. The Morgan fingerprint density at radius 2 is 1.80 bits per heavy atom. The van der Waals surface area contributed by atoms with E-state index in [4.69, 9.17) is 5.26 Å². The first-order valence-corrected chi connectivity index (χ1v) is 7.37. The van der Waals surface area contributed by atoms with Gasteiger partial charge in [-0.3, -0.25) is 4.90 Å². The quantitative estimate of drug-likeness (QED) is 0.788. The van der Waals surface area contributed by atoms with Crippen LogP contribution in [0.4, 0.5) is 5.69 Å². The molecule has 1 aliphatic heterocycles. The molecule has 0 radical (unpaired) electrons. The van der Waals surface area contributed by atoms with Crippen LogP contribution in [0.15, 0.2) is 30.3 Å². The van der Waals surface area contributed by atoms with Gasteiger partial charge in [0.25, 0.3) is 0 Å². The molecule has 20 heavy (non-hydrogen) atoms. The van der Waals surface area contributed by atoms with E-state index in [1.165, 1.54) is 5.69 Å². The van der Waals surface area contributed by atoms with Gasteiger partial charge in [0.15, 0.2) is 0 Å². The Hall–Kier alpha value is -1.57. The molecule has 1 heterocycles. The zero-order valence-corrected chi connectivity index (χ0v) is 12.3. The summed E-state index contributed by atoms with van der Waals surface area (Å²) < 4.78 is 0. The van der Waals surface area contributed by atoms with Crippen LogP contribution in [0.2, 0.25) is 0 Å². The summed E-state index contributed by atoms with van der Waals surface area (Å²) in [5.41, 5.74) is 1.22. The maximum atomic E-state index is 8.82. The van der Waals surface area contributed by atoms with Gasteiger partial charge in [0.1, 0.15) is 0 Å². The minimum absolute atomic E-state index is 0.581. The molecule has 0 amide bonds. The average Bonchev–Trinajstić information content (AvgIpc) is 2.50. The number of hydrogen-bond acceptors (Lipinski definition) is 4. The maximum absolute atomic E-state index is 8.82. The van der Waals surface area contributed by atoms with Gasteiger partial charge in [-0.1, -0.05) is 18.2 Å². The minimum atomic E-state index is 0.581. The summed E-state index contributed by atoms with van der Waals surface area (Å²) in [6.07, 6.45) is 0.581. The third kappa shape index (κ3) is 4.52. The highest BCUT2D eigenvalue weighted by Crippen LogP contribution is 2.13. The summed E-state index contributed by atoms with van der Waals surface area (Å²) in [5, 5.41) is 8.82. The van der Waals surface area contributed by atoms with Crippen LogP contribution in [0.3, 0.4) is 0 Å². The van der Waals surface area contributed by atoms with Gasteiger partial charge < -0.3 is 9.80 Å². The fraction of sp³-hybridized carbons (Fsp3) is 0.562. The molecule has 2 rings (SSSR count). The predicted molar refractivity (Wildman–Crippen MR) is 82.8 cm³/mol. The largest absolute Gasteiger partial charge is 0.369 e. The molecule has 4 nitrogen and oxygen atoms in total. The number of nitrogens with zero attached hydrogens (tertiary/aromatic N) is 4. The SMILES string of the molecule is CN1CCN(CCN(CCC#N)c2ccccc2)CC1. The number of nitriles is 1. The molecule has 1 aromatic carbocycles. The van der Waals surface area contributed by atoms with E-state index in [2.05, 4.69) is 52.1 Å². The minimum Gasteiger partial charge on any atom is -0.369 e. The number of benzene rings is 1. The van der Waals surface area contributed by atoms with Crippen molar-refractivity contribution in [1.82, 2.24) is 9.80 Å². The summed E-state index contributed by atoms with van der Waals surface area (Å²) in [5.74, 6) is 0. The van der Waals surface area contributed by atoms with Crippen molar-refractivity contribution >= 4 is 5.69 Å². The van der Waals surface area contributed by atoms with E-state index in [9.17, 15) is 0 Å². The van der Waals surface area contributed by atoms with Gasteiger partial charge in [0, 0.05) is 51.5 Å². The first-order valence-electron chi connectivity index (χ1n) is 7.37. The van der Waals surface area contributed by atoms with Crippen molar-refractivity contribution < 1.29 is 0 Å². The third-order valence-corrected chi connectivity index (χ3v) is 3.90. The van der Waals surface area contributed by atoms with E-state index in [-0.39, 0.29) is 0 Å². The van der Waals surface area contributed by atoms with Gasteiger partial charge in [-0.05, 0) is 19.2 Å². The third-order valence-electron chi connectivity index (χ3n) is 3.90. The second-order valence-electron chi connectivity index (χ2n) is 5.38. The van der Waals surface area contributed by atoms with Gasteiger partial charge >= 0.3 is 0 Å². The van der Waals surface area contributed by atoms with Crippen LogP contribution in [0.5, 0.6) is 0 Å². The smallest absolute Gasteiger partial charge is 0.0640 e. The van der Waals surface area contributed by atoms with Crippen molar-refractivity contribution in [2.75, 3.05) is 57.8 Å². The van der Waals surface area contributed by atoms with Crippen molar-refractivity contribution in [3.05, 3.63) is 30.3 Å². The number of hydrogen-bond donors (Lipinski definition) is 0. The Morgan fingerprint density at radius 1 is 1.10 bits per heavy atom. The molecule has 0 bridgehead atoms. The molecular weight excluding hydrogens is 248 g/mol. The van der Waals surface area contributed by atoms with Crippen molar-refractivity contribution in [3.8, 4) is 6.07 Å². The Balaban J connectivity index is 1.86. The molecule has 0 saturated carbocycles.